The lowest BCUT2D eigenvalue weighted by Crippen LogP contribution is -2.16. The normalized spacial score (nSPS) is 10.8. The first-order valence-corrected chi connectivity index (χ1v) is 9.28. The van der Waals surface area contributed by atoms with Gasteiger partial charge in [-0.15, -0.1) is 0 Å². The minimum absolute atomic E-state index is 0.124. The minimum Gasteiger partial charge on any atom is -0.508 e. The fourth-order valence-corrected chi connectivity index (χ4v) is 3.40. The molecule has 0 aliphatic heterocycles. The predicted molar refractivity (Wildman–Crippen MR) is 103 cm³/mol. The quantitative estimate of drug-likeness (QED) is 0.458. The van der Waals surface area contributed by atoms with Gasteiger partial charge in [0, 0.05) is 17.7 Å². The summed E-state index contributed by atoms with van der Waals surface area (Å²) in [6, 6.07) is 14.0. The van der Waals surface area contributed by atoms with Gasteiger partial charge in [-0.2, -0.15) is 0 Å². The average molecular weight is 368 g/mol. The van der Waals surface area contributed by atoms with Crippen molar-refractivity contribution in [2.24, 2.45) is 0 Å². The van der Waals surface area contributed by atoms with Gasteiger partial charge in [0.25, 0.3) is 5.56 Å². The van der Waals surface area contributed by atoms with E-state index in [1.807, 2.05) is 24.3 Å². The third-order valence-electron chi connectivity index (χ3n) is 4.10. The minimum atomic E-state index is -0.124. The third-order valence-corrected chi connectivity index (χ3v) is 4.98. The first kappa shape index (κ1) is 18.1. The molecule has 0 radical (unpaired) electrons. The number of H-pyrrole nitrogens is 1. The van der Waals surface area contributed by atoms with E-state index >= 15 is 0 Å². The number of benzene rings is 2. The number of aromatic amines is 1. The van der Waals surface area contributed by atoms with Crippen LogP contribution in [0.3, 0.4) is 0 Å². The lowest BCUT2D eigenvalue weighted by Gasteiger charge is -2.08. The smallest absolute Gasteiger partial charge is 0.254 e. The summed E-state index contributed by atoms with van der Waals surface area (Å²) in [4.78, 5) is 19.6. The molecule has 2 aromatic carbocycles. The molecule has 134 valence electrons. The van der Waals surface area contributed by atoms with Crippen molar-refractivity contribution >= 4 is 11.8 Å². The van der Waals surface area contributed by atoms with E-state index in [1.165, 1.54) is 11.8 Å². The van der Waals surface area contributed by atoms with Crippen LogP contribution in [0.4, 0.5) is 0 Å². The van der Waals surface area contributed by atoms with E-state index in [4.69, 9.17) is 0 Å². The van der Waals surface area contributed by atoms with Gasteiger partial charge in [-0.3, -0.25) is 4.79 Å². The number of aromatic hydroxyl groups is 2. The van der Waals surface area contributed by atoms with E-state index in [-0.39, 0.29) is 17.1 Å². The molecule has 6 heteroatoms. The zero-order valence-electron chi connectivity index (χ0n) is 14.4. The fourth-order valence-electron chi connectivity index (χ4n) is 2.53. The molecule has 1 heterocycles. The van der Waals surface area contributed by atoms with E-state index in [0.717, 1.165) is 29.0 Å². The second-order valence-electron chi connectivity index (χ2n) is 6.05. The highest BCUT2D eigenvalue weighted by atomic mass is 32.2. The van der Waals surface area contributed by atoms with E-state index in [9.17, 15) is 15.0 Å². The second-order valence-corrected chi connectivity index (χ2v) is 7.13. The third kappa shape index (κ3) is 4.67. The van der Waals surface area contributed by atoms with E-state index < -0.39 is 0 Å². The summed E-state index contributed by atoms with van der Waals surface area (Å²) in [5.74, 6) is 1.25. The van der Waals surface area contributed by atoms with Gasteiger partial charge in [0.15, 0.2) is 5.16 Å². The summed E-state index contributed by atoms with van der Waals surface area (Å²) in [6.07, 6.45) is 1.36. The molecule has 3 N–H and O–H groups in total. The predicted octanol–water partition coefficient (Wildman–Crippen LogP) is 3.42. The maximum absolute atomic E-state index is 12.2. The van der Waals surface area contributed by atoms with Gasteiger partial charge < -0.3 is 15.2 Å². The zero-order chi connectivity index (χ0) is 18.5. The Bertz CT molecular complexity index is 935. The van der Waals surface area contributed by atoms with E-state index in [0.29, 0.717) is 17.1 Å². The van der Waals surface area contributed by atoms with Crippen LogP contribution in [0.15, 0.2) is 58.5 Å². The van der Waals surface area contributed by atoms with Crippen molar-refractivity contribution in [2.45, 2.75) is 24.9 Å². The zero-order valence-corrected chi connectivity index (χ0v) is 15.2. The van der Waals surface area contributed by atoms with Crippen molar-refractivity contribution < 1.29 is 10.2 Å². The van der Waals surface area contributed by atoms with Gasteiger partial charge in [0.05, 0.1) is 5.69 Å². The highest BCUT2D eigenvalue weighted by Gasteiger charge is 2.09. The Morgan fingerprint density at radius 1 is 0.962 bits per heavy atom. The van der Waals surface area contributed by atoms with Crippen LogP contribution < -0.4 is 5.56 Å². The number of thioether (sulfide) groups is 1. The molecule has 0 unspecified atom stereocenters. The van der Waals surface area contributed by atoms with Gasteiger partial charge in [-0.1, -0.05) is 36.0 Å². The molecule has 0 saturated carbocycles. The molecule has 3 aromatic rings. The standard InChI is InChI=1S/C20H20N2O3S/c1-13-18(12-15-4-8-17(24)9-5-15)21-20(22-19(13)25)26-11-10-14-2-6-16(23)7-3-14/h2-9,23-24H,10-12H2,1H3,(H,21,22,25). The van der Waals surface area contributed by atoms with Crippen molar-refractivity contribution in [3.8, 4) is 11.5 Å². The van der Waals surface area contributed by atoms with Crippen LogP contribution in [0.1, 0.15) is 22.4 Å². The molecule has 0 saturated heterocycles. The number of phenolic OH excluding ortho intramolecular Hbond substituents is 2. The summed E-state index contributed by atoms with van der Waals surface area (Å²) in [7, 11) is 0. The molecular weight excluding hydrogens is 348 g/mol. The van der Waals surface area contributed by atoms with Crippen LogP contribution in [0, 0.1) is 6.92 Å². The molecule has 0 bridgehead atoms. The first-order chi connectivity index (χ1) is 12.5. The average Bonchev–Trinajstić information content (AvgIpc) is 2.63. The fraction of sp³-hybridized carbons (Fsp3) is 0.200. The number of hydrogen-bond acceptors (Lipinski definition) is 5. The maximum Gasteiger partial charge on any atom is 0.254 e. The Morgan fingerprint density at radius 3 is 2.15 bits per heavy atom. The Hall–Kier alpha value is -2.73. The molecule has 0 atom stereocenters. The Labute approximate surface area is 155 Å². The van der Waals surface area contributed by atoms with Crippen molar-refractivity contribution in [3.63, 3.8) is 0 Å². The van der Waals surface area contributed by atoms with Crippen LogP contribution >= 0.6 is 11.8 Å². The molecule has 0 spiro atoms. The van der Waals surface area contributed by atoms with E-state index in [1.54, 1.807) is 31.2 Å². The molecule has 0 fully saturated rings. The number of aryl methyl sites for hydroxylation is 1. The monoisotopic (exact) mass is 368 g/mol. The van der Waals surface area contributed by atoms with Gasteiger partial charge in [-0.25, -0.2) is 4.98 Å². The highest BCUT2D eigenvalue weighted by Crippen LogP contribution is 2.18. The lowest BCUT2D eigenvalue weighted by atomic mass is 10.1. The topological polar surface area (TPSA) is 86.2 Å². The van der Waals surface area contributed by atoms with Gasteiger partial charge in [0.1, 0.15) is 11.5 Å². The number of phenols is 2. The number of aromatic nitrogens is 2. The van der Waals surface area contributed by atoms with Crippen LogP contribution in [-0.4, -0.2) is 25.9 Å². The molecular formula is C20H20N2O3S. The molecule has 0 aliphatic rings. The second kappa shape index (κ2) is 8.10. The largest absolute Gasteiger partial charge is 0.508 e. The Balaban J connectivity index is 1.69. The highest BCUT2D eigenvalue weighted by molar-refractivity contribution is 7.99. The molecule has 26 heavy (non-hydrogen) atoms. The van der Waals surface area contributed by atoms with Gasteiger partial charge in [0.2, 0.25) is 0 Å². The number of rotatable bonds is 6. The van der Waals surface area contributed by atoms with Crippen molar-refractivity contribution in [3.05, 3.63) is 81.3 Å². The molecule has 0 amide bonds. The van der Waals surface area contributed by atoms with E-state index in [2.05, 4.69) is 9.97 Å². The molecule has 0 aliphatic carbocycles. The van der Waals surface area contributed by atoms with Crippen LogP contribution in [0.2, 0.25) is 0 Å². The molecule has 5 nitrogen and oxygen atoms in total. The molecule has 1 aromatic heterocycles. The number of nitrogens with zero attached hydrogens (tertiary/aromatic N) is 1. The van der Waals surface area contributed by atoms with Crippen LogP contribution in [0.5, 0.6) is 11.5 Å². The summed E-state index contributed by atoms with van der Waals surface area (Å²) < 4.78 is 0. The van der Waals surface area contributed by atoms with Crippen molar-refractivity contribution in [1.29, 1.82) is 0 Å². The SMILES string of the molecule is Cc1c(Cc2ccc(O)cc2)nc(SCCc2ccc(O)cc2)[nH]c1=O. The Kier molecular flexibility index (Phi) is 5.63. The van der Waals surface area contributed by atoms with Crippen molar-refractivity contribution in [2.75, 3.05) is 5.75 Å². The molecule has 3 rings (SSSR count). The Morgan fingerprint density at radius 2 is 1.54 bits per heavy atom. The van der Waals surface area contributed by atoms with Crippen LogP contribution in [-0.2, 0) is 12.8 Å². The summed E-state index contributed by atoms with van der Waals surface area (Å²) in [5.41, 5.74) is 3.34. The summed E-state index contributed by atoms with van der Waals surface area (Å²) in [6.45, 7) is 1.77. The maximum atomic E-state index is 12.2. The van der Waals surface area contributed by atoms with Gasteiger partial charge >= 0.3 is 0 Å². The van der Waals surface area contributed by atoms with Crippen LogP contribution in [0.25, 0.3) is 0 Å². The lowest BCUT2D eigenvalue weighted by molar-refractivity contribution is 0.474. The number of nitrogens with one attached hydrogen (secondary N) is 1. The first-order valence-electron chi connectivity index (χ1n) is 8.29. The number of hydrogen-bond donors (Lipinski definition) is 3. The summed E-state index contributed by atoms with van der Waals surface area (Å²) in [5, 5.41) is 19.3. The van der Waals surface area contributed by atoms with Crippen molar-refractivity contribution in [1.82, 2.24) is 9.97 Å². The summed E-state index contributed by atoms with van der Waals surface area (Å²) >= 11 is 1.50. The van der Waals surface area contributed by atoms with Gasteiger partial charge in [-0.05, 0) is 48.7 Å².